The molecule has 0 radical (unpaired) electrons. The average molecular weight is 320 g/mol. The summed E-state index contributed by atoms with van der Waals surface area (Å²) in [7, 11) is 3.22. The lowest BCUT2D eigenvalue weighted by atomic mass is 10.2. The second-order valence-corrected chi connectivity index (χ2v) is 5.01. The Morgan fingerprint density at radius 2 is 1.95 bits per heavy atom. The lowest BCUT2D eigenvalue weighted by Gasteiger charge is -2.14. The molecule has 0 aliphatic carbocycles. The molecule has 1 heterocycles. The highest BCUT2D eigenvalue weighted by molar-refractivity contribution is 7.80. The van der Waals surface area contributed by atoms with Crippen LogP contribution in [-0.4, -0.2) is 29.1 Å². The topological polar surface area (TPSA) is 60.3 Å². The summed E-state index contributed by atoms with van der Waals surface area (Å²) in [5.74, 6) is 1.38. The van der Waals surface area contributed by atoms with Gasteiger partial charge in [0.15, 0.2) is 5.11 Å². The molecule has 118 valence electrons. The fraction of sp³-hybridized carbons (Fsp3) is 0.333. The molecule has 22 heavy (non-hydrogen) atoms. The van der Waals surface area contributed by atoms with Crippen LogP contribution in [0.1, 0.15) is 12.6 Å². The summed E-state index contributed by atoms with van der Waals surface area (Å²) in [6.07, 6.45) is 1.76. The first kappa shape index (κ1) is 16.1. The first-order valence-electron chi connectivity index (χ1n) is 6.91. The third-order valence-electron chi connectivity index (χ3n) is 3.31. The molecular formula is C15H20N4O2S. The number of benzene rings is 1. The van der Waals surface area contributed by atoms with Crippen molar-refractivity contribution in [2.45, 2.75) is 20.4 Å². The smallest absolute Gasteiger partial charge is 0.175 e. The number of anilines is 2. The van der Waals surface area contributed by atoms with E-state index in [1.54, 1.807) is 26.5 Å². The van der Waals surface area contributed by atoms with Crippen molar-refractivity contribution >= 4 is 28.7 Å². The van der Waals surface area contributed by atoms with Crippen molar-refractivity contribution < 1.29 is 9.47 Å². The molecule has 0 amide bonds. The minimum Gasteiger partial charge on any atom is -0.497 e. The van der Waals surface area contributed by atoms with Crippen LogP contribution in [0.15, 0.2) is 24.4 Å². The zero-order valence-corrected chi connectivity index (χ0v) is 14.0. The van der Waals surface area contributed by atoms with Crippen LogP contribution in [0.3, 0.4) is 0 Å². The summed E-state index contributed by atoms with van der Waals surface area (Å²) < 4.78 is 12.4. The maximum Gasteiger partial charge on any atom is 0.175 e. The van der Waals surface area contributed by atoms with E-state index in [1.165, 1.54) is 0 Å². The van der Waals surface area contributed by atoms with Crippen LogP contribution in [0, 0.1) is 6.92 Å². The summed E-state index contributed by atoms with van der Waals surface area (Å²) in [5.41, 5.74) is 2.68. The largest absolute Gasteiger partial charge is 0.497 e. The van der Waals surface area contributed by atoms with E-state index in [4.69, 9.17) is 21.7 Å². The summed E-state index contributed by atoms with van der Waals surface area (Å²) >= 11 is 5.35. The zero-order valence-electron chi connectivity index (χ0n) is 13.1. The Labute approximate surface area is 135 Å². The Morgan fingerprint density at radius 1 is 1.23 bits per heavy atom. The Kier molecular flexibility index (Phi) is 5.21. The van der Waals surface area contributed by atoms with Crippen molar-refractivity contribution in [3.05, 3.63) is 30.1 Å². The van der Waals surface area contributed by atoms with Gasteiger partial charge in [-0.2, -0.15) is 5.10 Å². The molecule has 1 aromatic heterocycles. The van der Waals surface area contributed by atoms with E-state index in [0.29, 0.717) is 10.9 Å². The summed E-state index contributed by atoms with van der Waals surface area (Å²) in [5, 5.41) is 11.0. The van der Waals surface area contributed by atoms with E-state index in [2.05, 4.69) is 15.7 Å². The lowest BCUT2D eigenvalue weighted by molar-refractivity contribution is 0.395. The molecule has 2 aromatic rings. The fourth-order valence-corrected chi connectivity index (χ4v) is 2.29. The van der Waals surface area contributed by atoms with E-state index in [9.17, 15) is 0 Å². The normalized spacial score (nSPS) is 10.2. The molecular weight excluding hydrogens is 300 g/mol. The number of nitrogens with one attached hydrogen (secondary N) is 2. The van der Waals surface area contributed by atoms with Crippen LogP contribution in [-0.2, 0) is 6.54 Å². The van der Waals surface area contributed by atoms with Gasteiger partial charge in [0.1, 0.15) is 11.5 Å². The highest BCUT2D eigenvalue weighted by Crippen LogP contribution is 2.29. The number of hydrogen-bond acceptors (Lipinski definition) is 4. The van der Waals surface area contributed by atoms with E-state index in [0.717, 1.165) is 29.4 Å². The second-order valence-electron chi connectivity index (χ2n) is 4.60. The highest BCUT2D eigenvalue weighted by Gasteiger charge is 2.09. The number of hydrogen-bond donors (Lipinski definition) is 2. The van der Waals surface area contributed by atoms with Crippen LogP contribution >= 0.6 is 12.2 Å². The van der Waals surface area contributed by atoms with Gasteiger partial charge in [0, 0.05) is 12.6 Å². The van der Waals surface area contributed by atoms with Gasteiger partial charge in [-0.25, -0.2) is 0 Å². The molecule has 0 saturated heterocycles. The molecule has 0 aliphatic heterocycles. The van der Waals surface area contributed by atoms with Crippen molar-refractivity contribution in [1.82, 2.24) is 9.78 Å². The Balaban J connectivity index is 2.10. The molecule has 0 saturated carbocycles. The van der Waals surface area contributed by atoms with Gasteiger partial charge in [-0.3, -0.25) is 4.68 Å². The molecule has 2 rings (SSSR count). The number of thiocarbonyl (C=S) groups is 1. The predicted octanol–water partition coefficient (Wildman–Crippen LogP) is 3.04. The molecule has 0 atom stereocenters. The summed E-state index contributed by atoms with van der Waals surface area (Å²) in [6.45, 7) is 4.86. The Bertz CT molecular complexity index is 670. The second kappa shape index (κ2) is 7.13. The Hall–Kier alpha value is -2.28. The highest BCUT2D eigenvalue weighted by atomic mass is 32.1. The number of aromatic nitrogens is 2. The fourth-order valence-electron chi connectivity index (χ4n) is 2.07. The van der Waals surface area contributed by atoms with Crippen molar-refractivity contribution in [3.63, 3.8) is 0 Å². The molecule has 0 bridgehead atoms. The first-order valence-corrected chi connectivity index (χ1v) is 7.32. The third-order valence-corrected chi connectivity index (χ3v) is 3.51. The standard InChI is InChI=1S/C15H20N4O2S/c1-5-19-10(2)13(9-16-19)18-15(22)17-12-7-6-11(20-3)8-14(12)21-4/h6-9H,5H2,1-4H3,(H2,17,18,22). The van der Waals surface area contributed by atoms with Crippen molar-refractivity contribution in [2.75, 3.05) is 24.9 Å². The molecule has 7 heteroatoms. The molecule has 1 aromatic carbocycles. The predicted molar refractivity (Wildman–Crippen MR) is 92.0 cm³/mol. The van der Waals surface area contributed by atoms with Gasteiger partial charge < -0.3 is 20.1 Å². The molecule has 0 spiro atoms. The van der Waals surface area contributed by atoms with Gasteiger partial charge in [0.2, 0.25) is 0 Å². The van der Waals surface area contributed by atoms with Crippen LogP contribution in [0.5, 0.6) is 11.5 Å². The van der Waals surface area contributed by atoms with Gasteiger partial charge in [-0.1, -0.05) is 0 Å². The van der Waals surface area contributed by atoms with Gasteiger partial charge >= 0.3 is 0 Å². The Morgan fingerprint density at radius 3 is 2.55 bits per heavy atom. The number of ether oxygens (including phenoxy) is 2. The van der Waals surface area contributed by atoms with E-state index >= 15 is 0 Å². The quantitative estimate of drug-likeness (QED) is 0.826. The number of rotatable bonds is 5. The number of methoxy groups -OCH3 is 2. The maximum absolute atomic E-state index is 5.35. The SMILES string of the molecule is CCn1ncc(NC(=S)Nc2ccc(OC)cc2OC)c1C. The van der Waals surface area contributed by atoms with Crippen LogP contribution < -0.4 is 20.1 Å². The van der Waals surface area contributed by atoms with Crippen molar-refractivity contribution in [2.24, 2.45) is 0 Å². The molecule has 6 nitrogen and oxygen atoms in total. The minimum atomic E-state index is 0.474. The average Bonchev–Trinajstić information content (AvgIpc) is 2.87. The van der Waals surface area contributed by atoms with E-state index in [-0.39, 0.29) is 0 Å². The molecule has 2 N–H and O–H groups in total. The third kappa shape index (κ3) is 3.48. The summed E-state index contributed by atoms with van der Waals surface area (Å²) in [4.78, 5) is 0. The molecule has 0 fully saturated rings. The monoisotopic (exact) mass is 320 g/mol. The van der Waals surface area contributed by atoms with Gasteiger partial charge in [-0.05, 0) is 38.2 Å². The van der Waals surface area contributed by atoms with Gasteiger partial charge in [0.05, 0.1) is 37.5 Å². The number of nitrogens with zero attached hydrogens (tertiary/aromatic N) is 2. The zero-order chi connectivity index (χ0) is 16.1. The minimum absolute atomic E-state index is 0.474. The number of aryl methyl sites for hydroxylation is 1. The van der Waals surface area contributed by atoms with Crippen molar-refractivity contribution in [3.8, 4) is 11.5 Å². The van der Waals surface area contributed by atoms with Gasteiger partial charge in [-0.15, -0.1) is 0 Å². The lowest BCUT2D eigenvalue weighted by Crippen LogP contribution is -2.19. The van der Waals surface area contributed by atoms with Crippen LogP contribution in [0.25, 0.3) is 0 Å². The first-order chi connectivity index (χ1) is 10.6. The van der Waals surface area contributed by atoms with E-state index < -0.39 is 0 Å². The summed E-state index contributed by atoms with van der Waals surface area (Å²) in [6, 6.07) is 5.49. The maximum atomic E-state index is 5.35. The molecule has 0 aliphatic rings. The van der Waals surface area contributed by atoms with Crippen LogP contribution in [0.2, 0.25) is 0 Å². The van der Waals surface area contributed by atoms with Crippen LogP contribution in [0.4, 0.5) is 11.4 Å². The van der Waals surface area contributed by atoms with Crippen molar-refractivity contribution in [1.29, 1.82) is 0 Å². The van der Waals surface area contributed by atoms with E-state index in [1.807, 2.05) is 30.7 Å². The molecule has 0 unspecified atom stereocenters. The van der Waals surface area contributed by atoms with Gasteiger partial charge in [0.25, 0.3) is 0 Å².